The number of hydrogen-bond donors (Lipinski definition) is 1. The van der Waals surface area contributed by atoms with E-state index in [1.54, 1.807) is 6.33 Å². The van der Waals surface area contributed by atoms with Crippen molar-refractivity contribution >= 4 is 35.0 Å². The lowest BCUT2D eigenvalue weighted by Crippen LogP contribution is -2.46. The number of piperazine rings is 1. The quantitative estimate of drug-likeness (QED) is 0.680. The summed E-state index contributed by atoms with van der Waals surface area (Å²) in [5.41, 5.74) is 5.05. The molecule has 2 fully saturated rings. The van der Waals surface area contributed by atoms with Gasteiger partial charge < -0.3 is 24.1 Å². The lowest BCUT2D eigenvalue weighted by atomic mass is 9.79. The van der Waals surface area contributed by atoms with Gasteiger partial charge in [-0.2, -0.15) is 0 Å². The fourth-order valence-corrected chi connectivity index (χ4v) is 4.16. The summed E-state index contributed by atoms with van der Waals surface area (Å²) in [7, 11) is -0.307. The second kappa shape index (κ2) is 7.03. The molecule has 2 aliphatic rings. The summed E-state index contributed by atoms with van der Waals surface area (Å²) in [6.07, 6.45) is 1.75. The molecule has 7 heteroatoms. The minimum absolute atomic E-state index is 0.307. The maximum absolute atomic E-state index is 6.17. The third-order valence-corrected chi connectivity index (χ3v) is 6.83. The molecule has 0 aliphatic carbocycles. The van der Waals surface area contributed by atoms with Gasteiger partial charge in [-0.05, 0) is 63.5 Å². The highest BCUT2D eigenvalue weighted by atomic mass is 16.7. The Bertz CT molecular complexity index is 1020. The fourth-order valence-electron chi connectivity index (χ4n) is 4.16. The number of imidazole rings is 1. The first-order valence-corrected chi connectivity index (χ1v) is 10.7. The van der Waals surface area contributed by atoms with Crippen molar-refractivity contribution in [1.29, 1.82) is 0 Å². The van der Waals surface area contributed by atoms with E-state index in [-0.39, 0.29) is 18.3 Å². The van der Waals surface area contributed by atoms with Gasteiger partial charge in [0.1, 0.15) is 0 Å². The predicted molar refractivity (Wildman–Crippen MR) is 123 cm³/mol. The molecule has 2 aliphatic heterocycles. The summed E-state index contributed by atoms with van der Waals surface area (Å²) in [5.74, 6) is 0. The number of nitrogens with one attached hydrogen (secondary N) is 1. The Kier molecular flexibility index (Phi) is 4.56. The maximum atomic E-state index is 6.17. The number of aromatic nitrogens is 2. The van der Waals surface area contributed by atoms with E-state index < -0.39 is 0 Å². The standard InChI is InChI=1S/C23H29BN4O2/c1-22(2)23(3,4)30-24(29-22)17-5-7-18(8-6-17)27-11-13-28(14-12-27)19-9-10-20-21(15-19)26-16-25-20/h5-10,15-16H,11-14H2,1-4H3,(H,25,26). The van der Waals surface area contributed by atoms with Crippen molar-refractivity contribution < 1.29 is 9.31 Å². The maximum Gasteiger partial charge on any atom is 0.494 e. The molecule has 2 aromatic carbocycles. The van der Waals surface area contributed by atoms with Crippen LogP contribution in [0.3, 0.4) is 0 Å². The van der Waals surface area contributed by atoms with Crippen LogP contribution in [0.5, 0.6) is 0 Å². The monoisotopic (exact) mass is 404 g/mol. The van der Waals surface area contributed by atoms with Crippen molar-refractivity contribution in [2.75, 3.05) is 36.0 Å². The van der Waals surface area contributed by atoms with Crippen LogP contribution in [0, 0.1) is 0 Å². The van der Waals surface area contributed by atoms with Crippen LogP contribution in [0.15, 0.2) is 48.8 Å². The third kappa shape index (κ3) is 3.36. The molecule has 0 bridgehead atoms. The van der Waals surface area contributed by atoms with E-state index in [1.165, 1.54) is 11.4 Å². The summed E-state index contributed by atoms with van der Waals surface area (Å²) >= 11 is 0. The van der Waals surface area contributed by atoms with Crippen molar-refractivity contribution in [2.24, 2.45) is 0 Å². The van der Waals surface area contributed by atoms with Crippen LogP contribution >= 0.6 is 0 Å². The predicted octanol–water partition coefficient (Wildman–Crippen LogP) is 3.19. The number of hydrogen-bond acceptors (Lipinski definition) is 5. The van der Waals surface area contributed by atoms with E-state index in [0.717, 1.165) is 42.7 Å². The Balaban J connectivity index is 1.23. The van der Waals surface area contributed by atoms with Gasteiger partial charge in [-0.1, -0.05) is 12.1 Å². The van der Waals surface area contributed by atoms with Crippen molar-refractivity contribution in [3.05, 3.63) is 48.8 Å². The van der Waals surface area contributed by atoms with Crippen molar-refractivity contribution in [3.63, 3.8) is 0 Å². The minimum Gasteiger partial charge on any atom is -0.399 e. The summed E-state index contributed by atoms with van der Waals surface area (Å²) < 4.78 is 12.3. The minimum atomic E-state index is -0.314. The van der Waals surface area contributed by atoms with Gasteiger partial charge >= 0.3 is 7.12 Å². The molecule has 0 spiro atoms. The highest BCUT2D eigenvalue weighted by Gasteiger charge is 2.51. The van der Waals surface area contributed by atoms with Gasteiger partial charge in [-0.15, -0.1) is 0 Å². The van der Waals surface area contributed by atoms with E-state index in [1.807, 2.05) is 0 Å². The smallest absolute Gasteiger partial charge is 0.399 e. The second-order valence-corrected chi connectivity index (χ2v) is 9.26. The molecule has 1 N–H and O–H groups in total. The highest BCUT2D eigenvalue weighted by molar-refractivity contribution is 6.62. The average Bonchev–Trinajstić information content (AvgIpc) is 3.29. The zero-order chi connectivity index (χ0) is 20.9. The van der Waals surface area contributed by atoms with Crippen molar-refractivity contribution in [2.45, 2.75) is 38.9 Å². The van der Waals surface area contributed by atoms with Gasteiger partial charge in [0.25, 0.3) is 0 Å². The van der Waals surface area contributed by atoms with Gasteiger partial charge in [0.15, 0.2) is 0 Å². The molecule has 3 heterocycles. The molecule has 0 unspecified atom stereocenters. The van der Waals surface area contributed by atoms with Crippen LogP contribution < -0.4 is 15.3 Å². The first-order chi connectivity index (χ1) is 14.3. The van der Waals surface area contributed by atoms with E-state index in [4.69, 9.17) is 9.31 Å². The van der Waals surface area contributed by atoms with Crippen LogP contribution in [0.2, 0.25) is 0 Å². The van der Waals surface area contributed by atoms with Gasteiger partial charge in [0.05, 0.1) is 28.6 Å². The number of anilines is 2. The fraction of sp³-hybridized carbons (Fsp3) is 0.435. The Labute approximate surface area is 178 Å². The number of rotatable bonds is 3. The molecule has 0 saturated carbocycles. The van der Waals surface area contributed by atoms with Crippen molar-refractivity contribution in [1.82, 2.24) is 9.97 Å². The third-order valence-electron chi connectivity index (χ3n) is 6.83. The summed E-state index contributed by atoms with van der Waals surface area (Å²) in [6.45, 7) is 12.3. The number of benzene rings is 2. The van der Waals surface area contributed by atoms with Crippen LogP contribution in [-0.4, -0.2) is 54.5 Å². The van der Waals surface area contributed by atoms with Gasteiger partial charge in [-0.3, -0.25) is 0 Å². The lowest BCUT2D eigenvalue weighted by Gasteiger charge is -2.37. The summed E-state index contributed by atoms with van der Waals surface area (Å²) in [6, 6.07) is 15.1. The molecule has 3 aromatic rings. The first kappa shape index (κ1) is 19.5. The Hall–Kier alpha value is -2.51. The normalized spacial score (nSPS) is 20.9. The van der Waals surface area contributed by atoms with Gasteiger partial charge in [-0.25, -0.2) is 4.98 Å². The van der Waals surface area contributed by atoms with Crippen LogP contribution in [-0.2, 0) is 9.31 Å². The topological polar surface area (TPSA) is 53.6 Å². The summed E-state index contributed by atoms with van der Waals surface area (Å²) in [4.78, 5) is 12.4. The van der Waals surface area contributed by atoms with Crippen LogP contribution in [0.25, 0.3) is 11.0 Å². The van der Waals surface area contributed by atoms with E-state index >= 15 is 0 Å². The largest absolute Gasteiger partial charge is 0.494 e. The van der Waals surface area contributed by atoms with E-state index in [9.17, 15) is 0 Å². The molecule has 0 radical (unpaired) electrons. The Morgan fingerprint density at radius 1 is 0.833 bits per heavy atom. The molecule has 6 nitrogen and oxygen atoms in total. The van der Waals surface area contributed by atoms with Gasteiger partial charge in [0.2, 0.25) is 0 Å². The van der Waals surface area contributed by atoms with Crippen molar-refractivity contribution in [3.8, 4) is 0 Å². The molecule has 5 rings (SSSR count). The molecule has 1 aromatic heterocycles. The number of H-pyrrole nitrogens is 1. The van der Waals surface area contributed by atoms with Crippen LogP contribution in [0.1, 0.15) is 27.7 Å². The second-order valence-electron chi connectivity index (χ2n) is 9.26. The molecular weight excluding hydrogens is 375 g/mol. The zero-order valence-corrected chi connectivity index (χ0v) is 18.2. The Morgan fingerprint density at radius 3 is 2.03 bits per heavy atom. The average molecular weight is 404 g/mol. The highest BCUT2D eigenvalue weighted by Crippen LogP contribution is 2.36. The zero-order valence-electron chi connectivity index (χ0n) is 18.2. The molecule has 0 amide bonds. The van der Waals surface area contributed by atoms with Crippen LogP contribution in [0.4, 0.5) is 11.4 Å². The SMILES string of the molecule is CC1(C)OB(c2ccc(N3CCN(c4ccc5nc[nH]c5c4)CC3)cc2)OC1(C)C. The Morgan fingerprint density at radius 2 is 1.40 bits per heavy atom. The lowest BCUT2D eigenvalue weighted by molar-refractivity contribution is 0.00578. The molecule has 2 saturated heterocycles. The molecule has 30 heavy (non-hydrogen) atoms. The van der Waals surface area contributed by atoms with E-state index in [2.05, 4.69) is 89.9 Å². The first-order valence-electron chi connectivity index (χ1n) is 10.7. The van der Waals surface area contributed by atoms with E-state index in [0.29, 0.717) is 0 Å². The molecule has 156 valence electrons. The molecule has 0 atom stereocenters. The molecular formula is C23H29BN4O2. The number of nitrogens with zero attached hydrogens (tertiary/aromatic N) is 3. The summed E-state index contributed by atoms with van der Waals surface area (Å²) in [5, 5.41) is 0. The van der Waals surface area contributed by atoms with Gasteiger partial charge in [0, 0.05) is 37.6 Å². The number of aromatic amines is 1. The number of fused-ring (bicyclic) bond motifs is 1.